The maximum atomic E-state index is 13.7. The number of hydrogen-bond donors (Lipinski definition) is 0. The van der Waals surface area contributed by atoms with Crippen molar-refractivity contribution in [2.45, 2.75) is 56.9 Å². The van der Waals surface area contributed by atoms with Crippen molar-refractivity contribution >= 4 is 34.9 Å². The molecule has 4 nitrogen and oxygen atoms in total. The summed E-state index contributed by atoms with van der Waals surface area (Å²) in [4.78, 5) is 30.9. The molecule has 0 aliphatic carbocycles. The highest BCUT2D eigenvalue weighted by Crippen LogP contribution is 2.38. The maximum Gasteiger partial charge on any atom is 0.226 e. The first kappa shape index (κ1) is 28.9. The second kappa shape index (κ2) is 12.9. The van der Waals surface area contributed by atoms with Crippen molar-refractivity contribution in [3.63, 3.8) is 0 Å². The Bertz CT molecular complexity index is 1310. The molecule has 0 radical (unpaired) electrons. The molecule has 3 aromatic rings. The highest BCUT2D eigenvalue weighted by molar-refractivity contribution is 6.42. The fourth-order valence-electron chi connectivity index (χ4n) is 6.65. The normalized spacial score (nSPS) is 21.4. The molecule has 3 aromatic carbocycles. The molecular weight excluding hydrogens is 539 g/mol. The van der Waals surface area contributed by atoms with E-state index < -0.39 is 0 Å². The van der Waals surface area contributed by atoms with Gasteiger partial charge in [-0.05, 0) is 87.5 Å². The quantitative estimate of drug-likeness (QED) is 0.264. The molecule has 2 atom stereocenters. The second-order valence-electron chi connectivity index (χ2n) is 11.5. The van der Waals surface area contributed by atoms with Gasteiger partial charge in [0.2, 0.25) is 5.91 Å². The van der Waals surface area contributed by atoms with Crippen LogP contribution in [0.4, 0.5) is 0 Å². The Morgan fingerprint density at radius 3 is 2.25 bits per heavy atom. The standard InChI is InChI=1S/C34H38Cl2N2O2/c1-25(39)34(30-12-6-3-7-13-30)16-19-37(20-17-34)18-8-11-28-21-29(27-14-15-31(35)32(36)22-27)24-38(33(28)40)23-26-9-4-2-5-10-26/h2-7,9-10,12-15,22,28-29H,8,11,16-21,23-24H2,1H3. The summed E-state index contributed by atoms with van der Waals surface area (Å²) in [6.45, 7) is 5.79. The van der Waals surface area contributed by atoms with E-state index in [1.54, 1.807) is 6.92 Å². The monoisotopic (exact) mass is 576 g/mol. The van der Waals surface area contributed by atoms with Crippen molar-refractivity contribution in [2.75, 3.05) is 26.2 Å². The van der Waals surface area contributed by atoms with Gasteiger partial charge in [-0.2, -0.15) is 0 Å². The predicted molar refractivity (Wildman–Crippen MR) is 163 cm³/mol. The SMILES string of the molecule is CC(=O)C1(c2ccccc2)CCN(CCCC2CC(c3ccc(Cl)c(Cl)c3)CN(Cc3ccccc3)C2=O)CC1. The molecule has 2 aliphatic rings. The first-order valence-corrected chi connectivity index (χ1v) is 15.2. The summed E-state index contributed by atoms with van der Waals surface area (Å²) in [6, 6.07) is 26.3. The van der Waals surface area contributed by atoms with Crippen molar-refractivity contribution in [2.24, 2.45) is 5.92 Å². The summed E-state index contributed by atoms with van der Waals surface area (Å²) >= 11 is 12.6. The molecule has 6 heteroatoms. The van der Waals surface area contributed by atoms with Gasteiger partial charge >= 0.3 is 0 Å². The Balaban J connectivity index is 1.23. The van der Waals surface area contributed by atoms with Crippen LogP contribution in [0.2, 0.25) is 10.0 Å². The topological polar surface area (TPSA) is 40.6 Å². The van der Waals surface area contributed by atoms with E-state index in [-0.39, 0.29) is 28.9 Å². The Kier molecular flexibility index (Phi) is 9.30. The van der Waals surface area contributed by atoms with E-state index in [1.165, 1.54) is 0 Å². The molecule has 1 amide bonds. The summed E-state index contributed by atoms with van der Waals surface area (Å²) in [7, 11) is 0. The van der Waals surface area contributed by atoms with Crippen LogP contribution in [0.15, 0.2) is 78.9 Å². The van der Waals surface area contributed by atoms with Crippen LogP contribution in [0.1, 0.15) is 61.6 Å². The van der Waals surface area contributed by atoms with E-state index in [1.807, 2.05) is 59.5 Å². The Hall–Kier alpha value is -2.66. The first-order valence-electron chi connectivity index (χ1n) is 14.4. The smallest absolute Gasteiger partial charge is 0.226 e. The number of nitrogens with zero attached hydrogens (tertiary/aromatic N) is 2. The van der Waals surface area contributed by atoms with E-state index in [0.717, 1.165) is 68.4 Å². The highest BCUT2D eigenvalue weighted by Gasteiger charge is 2.40. The van der Waals surface area contributed by atoms with Gasteiger partial charge < -0.3 is 9.80 Å². The number of rotatable bonds is 9. The molecule has 40 heavy (non-hydrogen) atoms. The molecule has 0 aromatic heterocycles. The largest absolute Gasteiger partial charge is 0.338 e. The number of piperidine rings is 2. The molecule has 2 unspecified atom stereocenters. The van der Waals surface area contributed by atoms with Gasteiger partial charge in [0.15, 0.2) is 0 Å². The number of Topliss-reactive ketones (excluding diaryl/α,β-unsaturated/α-hetero) is 1. The van der Waals surface area contributed by atoms with Crippen LogP contribution in [0, 0.1) is 5.92 Å². The van der Waals surface area contributed by atoms with Gasteiger partial charge in [-0.25, -0.2) is 0 Å². The lowest BCUT2D eigenvalue weighted by molar-refractivity contribution is -0.140. The minimum atomic E-state index is -0.373. The van der Waals surface area contributed by atoms with Gasteiger partial charge in [0.1, 0.15) is 5.78 Å². The zero-order chi connectivity index (χ0) is 28.1. The Morgan fingerprint density at radius 1 is 0.925 bits per heavy atom. The molecule has 0 bridgehead atoms. The number of halogens is 2. The fourth-order valence-corrected chi connectivity index (χ4v) is 6.96. The number of carbonyl (C=O) groups excluding carboxylic acids is 2. The summed E-state index contributed by atoms with van der Waals surface area (Å²) in [5, 5.41) is 1.11. The first-order chi connectivity index (χ1) is 19.4. The van der Waals surface area contributed by atoms with Gasteiger partial charge in [0.05, 0.1) is 15.5 Å². The van der Waals surface area contributed by atoms with Crippen molar-refractivity contribution < 1.29 is 9.59 Å². The fraction of sp³-hybridized carbons (Fsp3) is 0.412. The molecule has 2 aliphatic heterocycles. The van der Waals surface area contributed by atoms with Crippen LogP contribution >= 0.6 is 23.2 Å². The molecule has 2 saturated heterocycles. The summed E-state index contributed by atoms with van der Waals surface area (Å²) < 4.78 is 0. The zero-order valence-corrected chi connectivity index (χ0v) is 24.7. The average Bonchev–Trinajstić information content (AvgIpc) is 2.97. The molecular formula is C34H38Cl2N2O2. The van der Waals surface area contributed by atoms with Crippen molar-refractivity contribution in [1.29, 1.82) is 0 Å². The number of ketones is 1. The summed E-state index contributed by atoms with van der Waals surface area (Å²) in [6.07, 6.45) is 4.33. The van der Waals surface area contributed by atoms with E-state index in [9.17, 15) is 9.59 Å². The van der Waals surface area contributed by atoms with Gasteiger partial charge in [-0.1, -0.05) is 89.9 Å². The molecule has 0 N–H and O–H groups in total. The van der Waals surface area contributed by atoms with E-state index in [2.05, 4.69) is 29.2 Å². The van der Waals surface area contributed by atoms with Crippen molar-refractivity contribution in [1.82, 2.24) is 9.80 Å². The van der Waals surface area contributed by atoms with Crippen molar-refractivity contribution in [3.05, 3.63) is 106 Å². The molecule has 0 saturated carbocycles. The van der Waals surface area contributed by atoms with Gasteiger partial charge in [-0.3, -0.25) is 9.59 Å². The van der Waals surface area contributed by atoms with E-state index >= 15 is 0 Å². The number of hydrogen-bond acceptors (Lipinski definition) is 3. The lowest BCUT2D eigenvalue weighted by Gasteiger charge is -2.41. The third-order valence-electron chi connectivity index (χ3n) is 9.04. The zero-order valence-electron chi connectivity index (χ0n) is 23.2. The summed E-state index contributed by atoms with van der Waals surface area (Å²) in [5.41, 5.74) is 3.05. The van der Waals surface area contributed by atoms with E-state index in [0.29, 0.717) is 23.1 Å². The second-order valence-corrected chi connectivity index (χ2v) is 12.3. The van der Waals surface area contributed by atoms with Crippen LogP contribution in [0.5, 0.6) is 0 Å². The average molecular weight is 578 g/mol. The Morgan fingerprint density at radius 2 is 1.60 bits per heavy atom. The third kappa shape index (κ3) is 6.46. The summed E-state index contributed by atoms with van der Waals surface area (Å²) in [5.74, 6) is 0.706. The molecule has 2 fully saturated rings. The number of likely N-dealkylation sites (tertiary alicyclic amines) is 2. The number of carbonyl (C=O) groups is 2. The van der Waals surface area contributed by atoms with Gasteiger partial charge in [-0.15, -0.1) is 0 Å². The lowest BCUT2D eigenvalue weighted by Crippen LogP contribution is -2.47. The van der Waals surface area contributed by atoms with Crippen molar-refractivity contribution in [3.8, 4) is 0 Å². The van der Waals surface area contributed by atoms with Crippen LogP contribution in [-0.4, -0.2) is 47.7 Å². The number of benzene rings is 3. The predicted octanol–water partition coefficient (Wildman–Crippen LogP) is 7.53. The van der Waals surface area contributed by atoms with E-state index in [4.69, 9.17) is 23.2 Å². The molecule has 0 spiro atoms. The minimum absolute atomic E-state index is 0.0256. The lowest BCUT2D eigenvalue weighted by atomic mass is 9.70. The maximum absolute atomic E-state index is 13.7. The minimum Gasteiger partial charge on any atom is -0.338 e. The highest BCUT2D eigenvalue weighted by atomic mass is 35.5. The third-order valence-corrected chi connectivity index (χ3v) is 9.78. The van der Waals surface area contributed by atoms with Crippen LogP contribution in [0.25, 0.3) is 0 Å². The van der Waals surface area contributed by atoms with Gasteiger partial charge in [0, 0.05) is 24.9 Å². The van der Waals surface area contributed by atoms with Gasteiger partial charge in [0.25, 0.3) is 0 Å². The van der Waals surface area contributed by atoms with Crippen LogP contribution < -0.4 is 0 Å². The molecule has 210 valence electrons. The Labute approximate surface area is 248 Å². The van der Waals surface area contributed by atoms with Crippen LogP contribution in [-0.2, 0) is 21.5 Å². The van der Waals surface area contributed by atoms with Crippen LogP contribution in [0.3, 0.4) is 0 Å². The number of amides is 1. The molecule has 5 rings (SSSR count). The molecule has 2 heterocycles.